The Kier molecular flexibility index (Phi) is 5.29. The van der Waals surface area contributed by atoms with Crippen LogP contribution in [0.25, 0.3) is 0 Å². The Morgan fingerprint density at radius 1 is 1.40 bits per heavy atom. The molecule has 82 valence electrons. The number of benzene rings is 1. The fourth-order valence-electron chi connectivity index (χ4n) is 0.996. The predicted molar refractivity (Wildman–Crippen MR) is 64.9 cm³/mol. The lowest BCUT2D eigenvalue weighted by Crippen LogP contribution is -1.96. The number of rotatable bonds is 5. The van der Waals surface area contributed by atoms with Gasteiger partial charge in [-0.05, 0) is 23.8 Å². The first-order valence-electron chi connectivity index (χ1n) is 4.33. The van der Waals surface area contributed by atoms with E-state index in [4.69, 9.17) is 28.3 Å². The summed E-state index contributed by atoms with van der Waals surface area (Å²) < 4.78 is 0. The van der Waals surface area contributed by atoms with E-state index in [1.54, 1.807) is 18.2 Å². The number of carboxylic acid groups (broad SMARTS) is 1. The van der Waals surface area contributed by atoms with Crippen molar-refractivity contribution < 1.29 is 9.90 Å². The average Bonchev–Trinajstić information content (AvgIpc) is 2.17. The first kappa shape index (κ1) is 12.7. The van der Waals surface area contributed by atoms with Crippen LogP contribution in [0, 0.1) is 0 Å². The Morgan fingerprint density at radius 3 is 2.80 bits per heavy atom. The third-order valence-corrected chi connectivity index (χ3v) is 3.34. The summed E-state index contributed by atoms with van der Waals surface area (Å²) >= 11 is 13.3. The largest absolute Gasteiger partial charge is 0.481 e. The quantitative estimate of drug-likeness (QED) is 0.825. The summed E-state index contributed by atoms with van der Waals surface area (Å²) in [5, 5.41) is 9.76. The second-order valence-corrected chi connectivity index (χ2v) is 4.88. The van der Waals surface area contributed by atoms with Gasteiger partial charge in [-0.3, -0.25) is 4.79 Å². The van der Waals surface area contributed by atoms with Gasteiger partial charge in [0.05, 0.1) is 6.42 Å². The summed E-state index contributed by atoms with van der Waals surface area (Å²) in [6.45, 7) is 0. The van der Waals surface area contributed by atoms with Crippen molar-refractivity contribution >= 4 is 40.9 Å². The van der Waals surface area contributed by atoms with Crippen molar-refractivity contribution in [2.45, 2.75) is 12.2 Å². The molecule has 5 heteroatoms. The zero-order chi connectivity index (χ0) is 11.3. The van der Waals surface area contributed by atoms with Crippen LogP contribution in [0.2, 0.25) is 10.0 Å². The molecule has 0 heterocycles. The molecule has 0 aromatic heterocycles. The van der Waals surface area contributed by atoms with Crippen LogP contribution in [0.1, 0.15) is 12.0 Å². The maximum absolute atomic E-state index is 10.3. The average molecular weight is 265 g/mol. The molecule has 0 aliphatic carbocycles. The Hall–Kier alpha value is -0.380. The van der Waals surface area contributed by atoms with Crippen LogP contribution < -0.4 is 0 Å². The van der Waals surface area contributed by atoms with Gasteiger partial charge in [0.15, 0.2) is 0 Å². The summed E-state index contributed by atoms with van der Waals surface area (Å²) in [6, 6.07) is 5.28. The van der Waals surface area contributed by atoms with Gasteiger partial charge >= 0.3 is 5.97 Å². The monoisotopic (exact) mass is 264 g/mol. The SMILES string of the molecule is O=C(O)CCSCc1cc(Cl)ccc1Cl. The topological polar surface area (TPSA) is 37.3 Å². The Bertz CT molecular complexity index is 355. The minimum absolute atomic E-state index is 0.169. The van der Waals surface area contributed by atoms with Gasteiger partial charge in [0.1, 0.15) is 0 Å². The molecule has 1 aromatic carbocycles. The van der Waals surface area contributed by atoms with Gasteiger partial charge < -0.3 is 5.11 Å². The van der Waals surface area contributed by atoms with E-state index in [-0.39, 0.29) is 6.42 Å². The van der Waals surface area contributed by atoms with Gasteiger partial charge in [-0.25, -0.2) is 0 Å². The van der Waals surface area contributed by atoms with E-state index < -0.39 is 5.97 Å². The fourth-order valence-corrected chi connectivity index (χ4v) is 2.38. The van der Waals surface area contributed by atoms with E-state index >= 15 is 0 Å². The van der Waals surface area contributed by atoms with Crippen molar-refractivity contribution in [2.24, 2.45) is 0 Å². The van der Waals surface area contributed by atoms with Gasteiger partial charge in [0, 0.05) is 21.6 Å². The molecular weight excluding hydrogens is 255 g/mol. The molecule has 0 radical (unpaired) electrons. The molecule has 0 spiro atoms. The highest BCUT2D eigenvalue weighted by Crippen LogP contribution is 2.24. The lowest BCUT2D eigenvalue weighted by molar-refractivity contribution is -0.136. The van der Waals surface area contributed by atoms with Gasteiger partial charge in [0.2, 0.25) is 0 Å². The predicted octanol–water partition coefficient (Wildman–Crippen LogP) is 3.70. The molecule has 2 nitrogen and oxygen atoms in total. The van der Waals surface area contributed by atoms with E-state index in [1.807, 2.05) is 0 Å². The first-order chi connectivity index (χ1) is 7.09. The van der Waals surface area contributed by atoms with E-state index in [0.29, 0.717) is 21.6 Å². The van der Waals surface area contributed by atoms with E-state index in [2.05, 4.69) is 0 Å². The standard InChI is InChI=1S/C10H10Cl2O2S/c11-8-1-2-9(12)7(5-8)6-15-4-3-10(13)14/h1-2,5H,3-4,6H2,(H,13,14). The molecule has 15 heavy (non-hydrogen) atoms. The summed E-state index contributed by atoms with van der Waals surface area (Å²) in [5.41, 5.74) is 0.944. The smallest absolute Gasteiger partial charge is 0.304 e. The van der Waals surface area contributed by atoms with Crippen molar-refractivity contribution in [3.8, 4) is 0 Å². The van der Waals surface area contributed by atoms with E-state index in [0.717, 1.165) is 5.56 Å². The molecule has 0 amide bonds. The van der Waals surface area contributed by atoms with Crippen LogP contribution in [0.15, 0.2) is 18.2 Å². The highest BCUT2D eigenvalue weighted by atomic mass is 35.5. The molecule has 0 fully saturated rings. The van der Waals surface area contributed by atoms with Crippen molar-refractivity contribution in [3.63, 3.8) is 0 Å². The highest BCUT2D eigenvalue weighted by Gasteiger charge is 2.02. The van der Waals surface area contributed by atoms with Gasteiger partial charge in [-0.1, -0.05) is 23.2 Å². The molecule has 0 atom stereocenters. The van der Waals surface area contributed by atoms with Crippen LogP contribution in [-0.4, -0.2) is 16.8 Å². The van der Waals surface area contributed by atoms with Crippen molar-refractivity contribution in [2.75, 3.05) is 5.75 Å². The number of thioether (sulfide) groups is 1. The van der Waals surface area contributed by atoms with Crippen LogP contribution in [0.5, 0.6) is 0 Å². The lowest BCUT2D eigenvalue weighted by atomic mass is 10.2. The van der Waals surface area contributed by atoms with Crippen molar-refractivity contribution in [3.05, 3.63) is 33.8 Å². The normalized spacial score (nSPS) is 10.3. The van der Waals surface area contributed by atoms with Crippen molar-refractivity contribution in [1.82, 2.24) is 0 Å². The number of aliphatic carboxylic acids is 1. The third kappa shape index (κ3) is 4.78. The van der Waals surface area contributed by atoms with Crippen LogP contribution in [0.3, 0.4) is 0 Å². The summed E-state index contributed by atoms with van der Waals surface area (Å²) in [7, 11) is 0. The highest BCUT2D eigenvalue weighted by molar-refractivity contribution is 7.98. The number of halogens is 2. The second-order valence-electron chi connectivity index (χ2n) is 2.93. The molecule has 0 saturated carbocycles. The minimum atomic E-state index is -0.778. The van der Waals surface area contributed by atoms with E-state index in [1.165, 1.54) is 11.8 Å². The Morgan fingerprint density at radius 2 is 2.13 bits per heavy atom. The Balaban J connectivity index is 2.43. The molecule has 0 saturated heterocycles. The Labute approximate surface area is 103 Å². The number of carboxylic acids is 1. The molecule has 1 aromatic rings. The maximum Gasteiger partial charge on any atom is 0.304 e. The molecular formula is C10H10Cl2O2S. The first-order valence-corrected chi connectivity index (χ1v) is 6.24. The zero-order valence-corrected chi connectivity index (χ0v) is 10.2. The maximum atomic E-state index is 10.3. The zero-order valence-electron chi connectivity index (χ0n) is 7.87. The van der Waals surface area contributed by atoms with Crippen molar-refractivity contribution in [1.29, 1.82) is 0 Å². The number of hydrogen-bond donors (Lipinski definition) is 1. The number of hydrogen-bond acceptors (Lipinski definition) is 2. The third-order valence-electron chi connectivity index (χ3n) is 1.73. The number of carbonyl (C=O) groups is 1. The molecule has 0 aliphatic rings. The van der Waals surface area contributed by atoms with Gasteiger partial charge in [-0.15, -0.1) is 0 Å². The summed E-state index contributed by atoms with van der Waals surface area (Å²) in [6.07, 6.45) is 0.169. The van der Waals surface area contributed by atoms with Crippen LogP contribution in [-0.2, 0) is 10.5 Å². The fraction of sp³-hybridized carbons (Fsp3) is 0.300. The van der Waals surface area contributed by atoms with Crippen LogP contribution in [0.4, 0.5) is 0 Å². The van der Waals surface area contributed by atoms with E-state index in [9.17, 15) is 4.79 Å². The lowest BCUT2D eigenvalue weighted by Gasteiger charge is -2.03. The molecule has 0 aliphatic heterocycles. The minimum Gasteiger partial charge on any atom is -0.481 e. The molecule has 0 unspecified atom stereocenters. The van der Waals surface area contributed by atoms with Gasteiger partial charge in [0.25, 0.3) is 0 Å². The molecule has 0 bridgehead atoms. The molecule has 1 rings (SSSR count). The van der Waals surface area contributed by atoms with Crippen LogP contribution >= 0.6 is 35.0 Å². The molecule has 1 N–H and O–H groups in total. The summed E-state index contributed by atoms with van der Waals surface area (Å²) in [4.78, 5) is 10.3. The van der Waals surface area contributed by atoms with Gasteiger partial charge in [-0.2, -0.15) is 11.8 Å². The second kappa shape index (κ2) is 6.26. The summed E-state index contributed by atoms with van der Waals surface area (Å²) in [5.74, 6) is 0.491.